The Morgan fingerprint density at radius 1 is 1.50 bits per heavy atom. The van der Waals surface area contributed by atoms with E-state index >= 15 is 0 Å². The van der Waals surface area contributed by atoms with E-state index < -0.39 is 0 Å². The number of likely N-dealkylation sites (N-methyl/N-ethyl adjacent to an activating group) is 1. The van der Waals surface area contributed by atoms with Crippen molar-refractivity contribution in [3.8, 4) is 0 Å². The van der Waals surface area contributed by atoms with E-state index in [1.807, 2.05) is 38.1 Å². The third-order valence-corrected chi connectivity index (χ3v) is 2.23. The van der Waals surface area contributed by atoms with Crippen LogP contribution in [-0.2, 0) is 0 Å². The van der Waals surface area contributed by atoms with Gasteiger partial charge in [0.2, 0.25) is 0 Å². The summed E-state index contributed by atoms with van der Waals surface area (Å²) < 4.78 is 5.50. The van der Waals surface area contributed by atoms with Gasteiger partial charge in [-0.05, 0) is 33.2 Å². The van der Waals surface area contributed by atoms with Crippen LogP contribution in [0.4, 0.5) is 0 Å². The molecule has 0 aliphatic carbocycles. The summed E-state index contributed by atoms with van der Waals surface area (Å²) in [7, 11) is 3.83. The lowest BCUT2D eigenvalue weighted by atomic mass is 10.1. The SMILES string of the molecule is Cc1ccc(C(C(N)CO)N(C)C)o1. The quantitative estimate of drug-likeness (QED) is 0.740. The van der Waals surface area contributed by atoms with E-state index in [0.717, 1.165) is 11.5 Å². The summed E-state index contributed by atoms with van der Waals surface area (Å²) in [5.41, 5.74) is 5.81. The summed E-state index contributed by atoms with van der Waals surface area (Å²) in [5.74, 6) is 1.66. The highest BCUT2D eigenvalue weighted by Crippen LogP contribution is 2.22. The van der Waals surface area contributed by atoms with Crippen LogP contribution in [0.15, 0.2) is 16.5 Å². The highest BCUT2D eigenvalue weighted by atomic mass is 16.3. The van der Waals surface area contributed by atoms with Crippen LogP contribution in [0.5, 0.6) is 0 Å². The van der Waals surface area contributed by atoms with Crippen molar-refractivity contribution in [1.82, 2.24) is 4.90 Å². The second-order valence-corrected chi connectivity index (χ2v) is 3.70. The maximum atomic E-state index is 9.03. The smallest absolute Gasteiger partial charge is 0.122 e. The average molecular weight is 198 g/mol. The molecule has 0 fully saturated rings. The molecule has 0 saturated carbocycles. The largest absolute Gasteiger partial charge is 0.465 e. The first-order valence-electron chi connectivity index (χ1n) is 4.65. The van der Waals surface area contributed by atoms with Gasteiger partial charge in [-0.3, -0.25) is 4.90 Å². The van der Waals surface area contributed by atoms with Gasteiger partial charge in [-0.1, -0.05) is 0 Å². The van der Waals surface area contributed by atoms with Gasteiger partial charge in [0.25, 0.3) is 0 Å². The fourth-order valence-electron chi connectivity index (χ4n) is 1.56. The molecular weight excluding hydrogens is 180 g/mol. The van der Waals surface area contributed by atoms with E-state index in [2.05, 4.69) is 0 Å². The number of nitrogens with zero attached hydrogens (tertiary/aromatic N) is 1. The van der Waals surface area contributed by atoms with Gasteiger partial charge in [-0.15, -0.1) is 0 Å². The number of hydrogen-bond acceptors (Lipinski definition) is 4. The Bertz CT molecular complexity index is 283. The zero-order valence-corrected chi connectivity index (χ0v) is 8.90. The van der Waals surface area contributed by atoms with Crippen LogP contribution < -0.4 is 5.73 Å². The van der Waals surface area contributed by atoms with Gasteiger partial charge < -0.3 is 15.3 Å². The molecule has 0 saturated heterocycles. The predicted molar refractivity (Wildman–Crippen MR) is 54.9 cm³/mol. The molecule has 0 spiro atoms. The molecule has 80 valence electrons. The minimum Gasteiger partial charge on any atom is -0.465 e. The van der Waals surface area contributed by atoms with Crippen molar-refractivity contribution in [1.29, 1.82) is 0 Å². The van der Waals surface area contributed by atoms with Crippen molar-refractivity contribution < 1.29 is 9.52 Å². The molecule has 1 aromatic rings. The van der Waals surface area contributed by atoms with Crippen molar-refractivity contribution in [2.45, 2.75) is 19.0 Å². The Morgan fingerprint density at radius 2 is 2.14 bits per heavy atom. The average Bonchev–Trinajstić information content (AvgIpc) is 2.51. The Kier molecular flexibility index (Phi) is 3.69. The number of hydrogen-bond donors (Lipinski definition) is 2. The number of aryl methyl sites for hydroxylation is 1. The molecule has 0 aromatic carbocycles. The number of aliphatic hydroxyl groups excluding tert-OH is 1. The lowest BCUT2D eigenvalue weighted by molar-refractivity contribution is 0.162. The molecule has 1 heterocycles. The second-order valence-electron chi connectivity index (χ2n) is 3.70. The fraction of sp³-hybridized carbons (Fsp3) is 0.600. The fourth-order valence-corrected chi connectivity index (χ4v) is 1.56. The molecule has 2 atom stereocenters. The van der Waals surface area contributed by atoms with Crippen molar-refractivity contribution in [3.63, 3.8) is 0 Å². The molecule has 0 aliphatic heterocycles. The first-order chi connectivity index (χ1) is 6.56. The normalized spacial score (nSPS) is 15.9. The van der Waals surface area contributed by atoms with Crippen LogP contribution >= 0.6 is 0 Å². The molecule has 4 nitrogen and oxygen atoms in total. The Morgan fingerprint density at radius 3 is 2.50 bits per heavy atom. The summed E-state index contributed by atoms with van der Waals surface area (Å²) in [6, 6.07) is 3.40. The van der Waals surface area contributed by atoms with E-state index in [1.54, 1.807) is 0 Å². The number of rotatable bonds is 4. The van der Waals surface area contributed by atoms with Crippen LogP contribution in [0.3, 0.4) is 0 Å². The number of furan rings is 1. The van der Waals surface area contributed by atoms with Crippen LogP contribution in [0.2, 0.25) is 0 Å². The molecule has 2 unspecified atom stereocenters. The molecule has 0 bridgehead atoms. The highest BCUT2D eigenvalue weighted by Gasteiger charge is 2.24. The first kappa shape index (κ1) is 11.2. The van der Waals surface area contributed by atoms with Gasteiger partial charge >= 0.3 is 0 Å². The van der Waals surface area contributed by atoms with Crippen LogP contribution in [0.1, 0.15) is 17.6 Å². The van der Waals surface area contributed by atoms with Crippen LogP contribution in [0.25, 0.3) is 0 Å². The Balaban J connectivity index is 2.88. The molecular formula is C10H18N2O2. The maximum absolute atomic E-state index is 9.03. The zero-order chi connectivity index (χ0) is 10.7. The van der Waals surface area contributed by atoms with E-state index in [1.165, 1.54) is 0 Å². The molecule has 0 amide bonds. The van der Waals surface area contributed by atoms with Gasteiger partial charge in [-0.2, -0.15) is 0 Å². The van der Waals surface area contributed by atoms with E-state index in [0.29, 0.717) is 0 Å². The summed E-state index contributed by atoms with van der Waals surface area (Å²) in [5, 5.41) is 9.03. The Labute approximate surface area is 84.3 Å². The van der Waals surface area contributed by atoms with Crippen LogP contribution in [0, 0.1) is 6.92 Å². The molecule has 0 radical (unpaired) electrons. The van der Waals surface area contributed by atoms with Crippen molar-refractivity contribution in [3.05, 3.63) is 23.7 Å². The molecule has 14 heavy (non-hydrogen) atoms. The minimum absolute atomic E-state index is 0.0530. The lowest BCUT2D eigenvalue weighted by Crippen LogP contribution is -2.39. The van der Waals surface area contributed by atoms with Gasteiger partial charge in [-0.25, -0.2) is 0 Å². The highest BCUT2D eigenvalue weighted by molar-refractivity contribution is 5.11. The molecule has 1 rings (SSSR count). The van der Waals surface area contributed by atoms with E-state index in [4.69, 9.17) is 15.3 Å². The molecule has 1 aromatic heterocycles. The Hall–Kier alpha value is -0.840. The van der Waals surface area contributed by atoms with Gasteiger partial charge in [0.15, 0.2) is 0 Å². The standard InChI is InChI=1S/C10H18N2O2/c1-7-4-5-9(14-7)10(12(2)3)8(11)6-13/h4-5,8,10,13H,6,11H2,1-3H3. The number of aliphatic hydroxyl groups is 1. The molecule has 3 N–H and O–H groups in total. The third-order valence-electron chi connectivity index (χ3n) is 2.23. The topological polar surface area (TPSA) is 62.6 Å². The van der Waals surface area contributed by atoms with Crippen molar-refractivity contribution >= 4 is 0 Å². The van der Waals surface area contributed by atoms with Crippen molar-refractivity contribution in [2.75, 3.05) is 20.7 Å². The molecule has 0 aliphatic rings. The predicted octanol–water partition coefficient (Wildman–Crippen LogP) is 0.510. The second kappa shape index (κ2) is 4.59. The summed E-state index contributed by atoms with van der Waals surface area (Å²) in [4.78, 5) is 1.94. The summed E-state index contributed by atoms with van der Waals surface area (Å²) in [6.45, 7) is 1.84. The first-order valence-corrected chi connectivity index (χ1v) is 4.65. The van der Waals surface area contributed by atoms with Crippen LogP contribution in [-0.4, -0.2) is 36.8 Å². The van der Waals surface area contributed by atoms with E-state index in [9.17, 15) is 0 Å². The monoisotopic (exact) mass is 198 g/mol. The third kappa shape index (κ3) is 2.35. The van der Waals surface area contributed by atoms with E-state index in [-0.39, 0.29) is 18.7 Å². The minimum atomic E-state index is -0.324. The molecule has 4 heteroatoms. The van der Waals surface area contributed by atoms with Crippen molar-refractivity contribution in [2.24, 2.45) is 5.73 Å². The van der Waals surface area contributed by atoms with Gasteiger partial charge in [0.1, 0.15) is 11.5 Å². The van der Waals surface area contributed by atoms with Gasteiger partial charge in [0.05, 0.1) is 18.7 Å². The zero-order valence-electron chi connectivity index (χ0n) is 8.90. The lowest BCUT2D eigenvalue weighted by Gasteiger charge is -2.26. The summed E-state index contributed by atoms with van der Waals surface area (Å²) in [6.07, 6.45) is 0. The number of nitrogens with two attached hydrogens (primary N) is 1. The maximum Gasteiger partial charge on any atom is 0.122 e. The summed E-state index contributed by atoms with van der Waals surface area (Å²) >= 11 is 0. The van der Waals surface area contributed by atoms with Gasteiger partial charge in [0, 0.05) is 0 Å².